The molecular formula is C17H23N5OS. The van der Waals surface area contributed by atoms with E-state index in [-0.39, 0.29) is 11.2 Å². The molecular weight excluding hydrogens is 322 g/mol. The number of carbonyl (C=O) groups excluding carboxylic acids is 1. The van der Waals surface area contributed by atoms with Crippen LogP contribution in [0.25, 0.3) is 0 Å². The molecule has 0 bridgehead atoms. The number of carbonyl (C=O) groups is 1. The van der Waals surface area contributed by atoms with E-state index in [0.29, 0.717) is 0 Å². The number of benzene rings is 1. The Balaban J connectivity index is 1.49. The van der Waals surface area contributed by atoms with Crippen molar-refractivity contribution in [3.05, 3.63) is 42.2 Å². The molecule has 1 aliphatic rings. The van der Waals surface area contributed by atoms with Crippen molar-refractivity contribution in [2.24, 2.45) is 7.05 Å². The molecule has 1 saturated heterocycles. The molecule has 1 atom stereocenters. The molecule has 0 aliphatic carbocycles. The van der Waals surface area contributed by atoms with Crippen LogP contribution in [-0.2, 0) is 18.4 Å². The summed E-state index contributed by atoms with van der Waals surface area (Å²) >= 11 is 1.47. The third kappa shape index (κ3) is 4.15. The van der Waals surface area contributed by atoms with Crippen LogP contribution >= 0.6 is 11.8 Å². The number of hydrogen-bond donors (Lipinski definition) is 0. The minimum atomic E-state index is -0.145. The van der Waals surface area contributed by atoms with Gasteiger partial charge in [0.2, 0.25) is 5.91 Å². The lowest BCUT2D eigenvalue weighted by Crippen LogP contribution is -2.50. The maximum absolute atomic E-state index is 12.6. The smallest absolute Gasteiger partial charge is 0.235 e. The molecule has 0 N–H and O–H groups in total. The molecule has 7 heteroatoms. The Morgan fingerprint density at radius 1 is 1.21 bits per heavy atom. The van der Waals surface area contributed by atoms with Gasteiger partial charge in [0.1, 0.15) is 6.33 Å². The Hall–Kier alpha value is -1.86. The molecule has 0 spiro atoms. The van der Waals surface area contributed by atoms with Gasteiger partial charge in [-0.05, 0) is 12.5 Å². The number of aromatic nitrogens is 3. The summed E-state index contributed by atoms with van der Waals surface area (Å²) in [4.78, 5) is 17.0. The monoisotopic (exact) mass is 345 g/mol. The van der Waals surface area contributed by atoms with Crippen molar-refractivity contribution in [3.8, 4) is 0 Å². The molecule has 0 radical (unpaired) electrons. The lowest BCUT2D eigenvalue weighted by Gasteiger charge is -2.35. The maximum atomic E-state index is 12.6. The first-order valence-corrected chi connectivity index (χ1v) is 9.07. The zero-order chi connectivity index (χ0) is 16.9. The van der Waals surface area contributed by atoms with Gasteiger partial charge in [-0.2, -0.15) is 0 Å². The van der Waals surface area contributed by atoms with E-state index in [4.69, 9.17) is 0 Å². The quantitative estimate of drug-likeness (QED) is 0.771. The summed E-state index contributed by atoms with van der Waals surface area (Å²) in [5.41, 5.74) is 1.32. The second kappa shape index (κ2) is 7.81. The summed E-state index contributed by atoms with van der Waals surface area (Å²) in [6.07, 6.45) is 1.65. The maximum Gasteiger partial charge on any atom is 0.235 e. The fourth-order valence-corrected chi connectivity index (χ4v) is 3.69. The Morgan fingerprint density at radius 3 is 2.54 bits per heavy atom. The molecule has 1 aromatic heterocycles. The topological polar surface area (TPSA) is 54.3 Å². The Morgan fingerprint density at radius 2 is 1.92 bits per heavy atom. The molecule has 128 valence electrons. The summed E-state index contributed by atoms with van der Waals surface area (Å²) in [7, 11) is 1.89. The number of hydrogen-bond acceptors (Lipinski definition) is 5. The zero-order valence-corrected chi connectivity index (χ0v) is 14.9. The van der Waals surface area contributed by atoms with Crippen molar-refractivity contribution >= 4 is 17.7 Å². The van der Waals surface area contributed by atoms with Gasteiger partial charge in [-0.3, -0.25) is 9.69 Å². The van der Waals surface area contributed by atoms with Gasteiger partial charge < -0.3 is 9.47 Å². The highest BCUT2D eigenvalue weighted by molar-refractivity contribution is 8.00. The second-order valence-electron chi connectivity index (χ2n) is 6.07. The van der Waals surface area contributed by atoms with Gasteiger partial charge in [0.25, 0.3) is 0 Å². The van der Waals surface area contributed by atoms with E-state index >= 15 is 0 Å². The predicted octanol–water partition coefficient (Wildman–Crippen LogP) is 1.64. The highest BCUT2D eigenvalue weighted by Crippen LogP contribution is 2.22. The number of aryl methyl sites for hydroxylation is 1. The number of rotatable bonds is 5. The van der Waals surface area contributed by atoms with Gasteiger partial charge in [-0.25, -0.2) is 0 Å². The first-order valence-electron chi connectivity index (χ1n) is 8.19. The van der Waals surface area contributed by atoms with E-state index in [1.165, 1.54) is 17.3 Å². The van der Waals surface area contributed by atoms with Crippen LogP contribution in [0.1, 0.15) is 12.5 Å². The van der Waals surface area contributed by atoms with Crippen molar-refractivity contribution in [3.63, 3.8) is 0 Å². The first kappa shape index (κ1) is 17.0. The average Bonchev–Trinajstić information content (AvgIpc) is 3.00. The van der Waals surface area contributed by atoms with Crippen LogP contribution in [0.2, 0.25) is 0 Å². The van der Waals surface area contributed by atoms with Crippen LogP contribution in [0, 0.1) is 0 Å². The van der Waals surface area contributed by atoms with E-state index in [1.807, 2.05) is 29.5 Å². The molecule has 2 heterocycles. The van der Waals surface area contributed by atoms with Crippen LogP contribution in [0.15, 0.2) is 41.8 Å². The Labute approximate surface area is 146 Å². The van der Waals surface area contributed by atoms with Gasteiger partial charge in [-0.1, -0.05) is 42.1 Å². The van der Waals surface area contributed by atoms with Crippen LogP contribution in [0.4, 0.5) is 0 Å². The van der Waals surface area contributed by atoms with Crippen molar-refractivity contribution < 1.29 is 4.79 Å². The predicted molar refractivity (Wildman–Crippen MR) is 94.6 cm³/mol. The molecule has 1 amide bonds. The fraction of sp³-hybridized carbons (Fsp3) is 0.471. The lowest BCUT2D eigenvalue weighted by molar-refractivity contribution is -0.132. The van der Waals surface area contributed by atoms with Crippen LogP contribution in [-0.4, -0.2) is 61.9 Å². The van der Waals surface area contributed by atoms with E-state index in [1.54, 1.807) is 6.33 Å². The third-order valence-corrected chi connectivity index (χ3v) is 5.37. The minimum Gasteiger partial charge on any atom is -0.339 e. The first-order chi connectivity index (χ1) is 11.6. The van der Waals surface area contributed by atoms with Crippen molar-refractivity contribution in [1.82, 2.24) is 24.6 Å². The standard InChI is InChI=1S/C17H23N5OS/c1-14(24-17-19-18-13-20(17)2)16(23)22-10-8-21(9-11-22)12-15-6-4-3-5-7-15/h3-7,13-14H,8-12H2,1-2H3/t14-/m1/s1. The summed E-state index contributed by atoms with van der Waals surface area (Å²) < 4.78 is 1.84. The van der Waals surface area contributed by atoms with Crippen LogP contribution in [0.3, 0.4) is 0 Å². The van der Waals surface area contributed by atoms with Gasteiger partial charge in [0.15, 0.2) is 5.16 Å². The summed E-state index contributed by atoms with van der Waals surface area (Å²) in [6.45, 7) is 6.30. The molecule has 3 rings (SSSR count). The number of thioether (sulfide) groups is 1. The van der Waals surface area contributed by atoms with Crippen molar-refractivity contribution in [2.75, 3.05) is 26.2 Å². The highest BCUT2D eigenvalue weighted by Gasteiger charge is 2.26. The van der Waals surface area contributed by atoms with E-state index in [0.717, 1.165) is 37.9 Å². The molecule has 1 aliphatic heterocycles. The summed E-state index contributed by atoms with van der Waals surface area (Å²) in [5, 5.41) is 8.53. The van der Waals surface area contributed by atoms with Gasteiger partial charge in [0.05, 0.1) is 5.25 Å². The molecule has 2 aromatic rings. The number of nitrogens with zero attached hydrogens (tertiary/aromatic N) is 5. The van der Waals surface area contributed by atoms with E-state index < -0.39 is 0 Å². The van der Waals surface area contributed by atoms with Gasteiger partial charge in [0, 0.05) is 39.8 Å². The zero-order valence-electron chi connectivity index (χ0n) is 14.1. The lowest BCUT2D eigenvalue weighted by atomic mass is 10.2. The highest BCUT2D eigenvalue weighted by atomic mass is 32.2. The number of amides is 1. The number of piperazine rings is 1. The second-order valence-corrected chi connectivity index (χ2v) is 7.38. The van der Waals surface area contributed by atoms with Crippen LogP contribution in [0.5, 0.6) is 0 Å². The van der Waals surface area contributed by atoms with Gasteiger partial charge >= 0.3 is 0 Å². The molecule has 6 nitrogen and oxygen atoms in total. The Kier molecular flexibility index (Phi) is 5.52. The van der Waals surface area contributed by atoms with Crippen molar-refractivity contribution in [2.45, 2.75) is 23.9 Å². The van der Waals surface area contributed by atoms with E-state index in [9.17, 15) is 4.79 Å². The normalized spacial score (nSPS) is 17.0. The molecule has 1 aromatic carbocycles. The SMILES string of the molecule is C[C@@H](Sc1nncn1C)C(=O)N1CCN(Cc2ccccc2)CC1. The molecule has 1 fully saturated rings. The molecule has 0 saturated carbocycles. The summed E-state index contributed by atoms with van der Waals surface area (Å²) in [6, 6.07) is 10.5. The van der Waals surface area contributed by atoms with Gasteiger partial charge in [-0.15, -0.1) is 10.2 Å². The molecule has 24 heavy (non-hydrogen) atoms. The third-order valence-electron chi connectivity index (χ3n) is 4.23. The molecule has 0 unspecified atom stereocenters. The van der Waals surface area contributed by atoms with E-state index in [2.05, 4.69) is 39.4 Å². The largest absolute Gasteiger partial charge is 0.339 e. The summed E-state index contributed by atoms with van der Waals surface area (Å²) in [5.74, 6) is 0.183. The van der Waals surface area contributed by atoms with Crippen LogP contribution < -0.4 is 0 Å². The van der Waals surface area contributed by atoms with Crippen molar-refractivity contribution in [1.29, 1.82) is 0 Å². The minimum absolute atomic E-state index is 0.145. The fourth-order valence-electron chi connectivity index (χ4n) is 2.81. The Bertz CT molecular complexity index is 667. The average molecular weight is 345 g/mol.